The Bertz CT molecular complexity index is 3820. The summed E-state index contributed by atoms with van der Waals surface area (Å²) in [5, 5.41) is 1.19. The molecule has 0 aliphatic heterocycles. The van der Waals surface area contributed by atoms with Crippen LogP contribution < -0.4 is 18.9 Å². The molecule has 0 aromatic heterocycles. The Morgan fingerprint density at radius 3 is 0.725 bits per heavy atom. The van der Waals surface area contributed by atoms with Gasteiger partial charge < -0.3 is 66.3 Å². The molecule has 0 radical (unpaired) electrons. The largest absolute Gasteiger partial charge is 0.466 e. The van der Waals surface area contributed by atoms with E-state index >= 15 is 0 Å². The van der Waals surface area contributed by atoms with Crippen molar-refractivity contribution in [1.82, 2.24) is 0 Å². The van der Waals surface area contributed by atoms with Crippen molar-refractivity contribution in [3.05, 3.63) is 120 Å². The van der Waals surface area contributed by atoms with Crippen LogP contribution in [0.1, 0.15) is 291 Å². The van der Waals surface area contributed by atoms with Crippen molar-refractivity contribution in [1.29, 1.82) is 0 Å². The normalized spacial score (nSPS) is 10.8. The summed E-state index contributed by atoms with van der Waals surface area (Å²) in [5.41, 5.74) is 1.08. The second kappa shape index (κ2) is 64.2. The van der Waals surface area contributed by atoms with Gasteiger partial charge >= 0.3 is 83.6 Å². The smallest absolute Gasteiger partial charge is 0.343 e. The number of carbonyl (C=O) groups excluding carboxylic acids is 14. The van der Waals surface area contributed by atoms with Crippen molar-refractivity contribution < 1.29 is 133 Å². The molecule has 0 amide bonds. The van der Waals surface area contributed by atoms with Gasteiger partial charge in [0.05, 0.1) is 77.2 Å². The van der Waals surface area contributed by atoms with E-state index in [1.54, 1.807) is 50.2 Å². The highest BCUT2D eigenvalue weighted by Crippen LogP contribution is 2.31. The van der Waals surface area contributed by atoms with Gasteiger partial charge in [-0.1, -0.05) is 31.4 Å². The Hall–Kier alpha value is -10.8. The molecule has 0 N–H and O–H groups in total. The van der Waals surface area contributed by atoms with Crippen LogP contribution in [0, 0.1) is 0 Å². The number of rotatable bonds is 68. The van der Waals surface area contributed by atoms with Crippen molar-refractivity contribution in [2.45, 2.75) is 271 Å². The van der Waals surface area contributed by atoms with Crippen molar-refractivity contribution in [2.75, 3.05) is 66.1 Å². The van der Waals surface area contributed by atoms with Gasteiger partial charge in [0, 0.05) is 80.7 Å². The fourth-order valence-electron chi connectivity index (χ4n) is 11.5. The van der Waals surface area contributed by atoms with Crippen LogP contribution in [0.2, 0.25) is 0 Å². The van der Waals surface area contributed by atoms with Gasteiger partial charge in [0.2, 0.25) is 0 Å². The zero-order valence-electron chi connectivity index (χ0n) is 70.3. The van der Waals surface area contributed by atoms with Crippen LogP contribution in [0.15, 0.2) is 109 Å². The lowest BCUT2D eigenvalue weighted by molar-refractivity contribution is -0.145. The molecule has 4 aromatic rings. The zero-order valence-corrected chi connectivity index (χ0v) is 70.3. The molecule has 4 aromatic carbocycles. The molecule has 0 unspecified atom stereocenters. The van der Waals surface area contributed by atoms with E-state index in [1.165, 1.54) is 48.5 Å². The number of fused-ring (bicyclic) bond motifs is 1. The van der Waals surface area contributed by atoms with Gasteiger partial charge in [-0.15, -0.1) is 0 Å². The first-order chi connectivity index (χ1) is 58.0. The highest BCUT2D eigenvalue weighted by Gasteiger charge is 2.19. The average molecular weight is 1680 g/mol. The molecule has 0 heterocycles. The molecule has 4 rings (SSSR count). The quantitative estimate of drug-likeness (QED) is 0.0130. The summed E-state index contributed by atoms with van der Waals surface area (Å²) in [6.45, 7) is 12.9. The predicted octanol–water partition coefficient (Wildman–Crippen LogP) is 17.3. The van der Waals surface area contributed by atoms with E-state index < -0.39 is 35.8 Å². The van der Waals surface area contributed by atoms with E-state index in [0.717, 1.165) is 25.7 Å². The van der Waals surface area contributed by atoms with Gasteiger partial charge in [0.25, 0.3) is 0 Å². The minimum atomic E-state index is -0.685. The predicted molar refractivity (Wildman–Crippen MR) is 442 cm³/mol. The lowest BCUT2D eigenvalue weighted by Gasteiger charge is -2.11. The van der Waals surface area contributed by atoms with Crippen molar-refractivity contribution in [3.63, 3.8) is 0 Å². The van der Waals surface area contributed by atoms with Crippen molar-refractivity contribution >= 4 is 94.3 Å². The summed E-state index contributed by atoms with van der Waals surface area (Å²) in [5.74, 6) is -4.64. The number of hydrogen-bond acceptors (Lipinski definition) is 28. The van der Waals surface area contributed by atoms with Crippen molar-refractivity contribution in [2.24, 2.45) is 0 Å². The molecular formula is C92H124O28. The van der Waals surface area contributed by atoms with E-state index in [1.807, 2.05) is 0 Å². The van der Waals surface area contributed by atoms with Crippen LogP contribution in [0.5, 0.6) is 23.0 Å². The fourth-order valence-corrected chi connectivity index (χ4v) is 11.5. The number of benzene rings is 4. The number of esters is 14. The summed E-state index contributed by atoms with van der Waals surface area (Å²) in [6.07, 6.45) is 21.6. The van der Waals surface area contributed by atoms with Crippen LogP contribution >= 0.6 is 0 Å². The van der Waals surface area contributed by atoms with Crippen LogP contribution in [-0.2, 0) is 105 Å². The van der Waals surface area contributed by atoms with Gasteiger partial charge in [0.1, 0.15) is 23.0 Å². The Balaban J connectivity index is 0.930. The first kappa shape index (κ1) is 102. The summed E-state index contributed by atoms with van der Waals surface area (Å²) in [7, 11) is 0. The van der Waals surface area contributed by atoms with E-state index in [9.17, 15) is 67.1 Å². The monoisotopic (exact) mass is 1680 g/mol. The minimum absolute atomic E-state index is 0.125. The van der Waals surface area contributed by atoms with E-state index in [2.05, 4.69) is 13.2 Å². The molecule has 0 atom stereocenters. The third-order valence-corrected chi connectivity index (χ3v) is 18.4. The van der Waals surface area contributed by atoms with E-state index in [-0.39, 0.29) is 173 Å². The highest BCUT2D eigenvalue weighted by molar-refractivity contribution is 5.97. The topological polar surface area (TPSA) is 368 Å². The Morgan fingerprint density at radius 2 is 0.467 bits per heavy atom. The first-order valence-electron chi connectivity index (χ1n) is 42.5. The van der Waals surface area contributed by atoms with Gasteiger partial charge in [-0.05, 0) is 279 Å². The maximum absolute atomic E-state index is 13.4. The molecule has 28 heteroatoms. The number of ether oxygens (including phenoxy) is 14. The van der Waals surface area contributed by atoms with E-state index in [4.69, 9.17) is 66.3 Å². The molecular weight excluding hydrogens is 1550 g/mol. The molecule has 660 valence electrons. The standard InChI is InChI=1S/C92H124O28/c1-69(2)89(103)115-66-33-11-21-44-85(99)111-62-29-7-17-40-81(95)107-58-25-5-15-38-79(93)109-60-27-9-19-42-83(97)113-64-31-13-23-46-87(101)117-74-53-49-72(50-54-74)91(105)119-76-57-48-71-36-35-37-78(77(71)68-76)120-92(106)73-51-55-75(56-52-73)118-88(102)47-24-14-32-65-114-84(98)43-20-10-28-61-110-80(94)39-16-6-26-59-108-82(96)41-18-8-30-63-112-86(100)45-22-12-34-67-116-90(104)70(3)4/h35-37,48-57,68H,1,3,5-34,38-47,58-67H2,2,4H3. The molecule has 120 heavy (non-hydrogen) atoms. The molecule has 0 saturated heterocycles. The third-order valence-electron chi connectivity index (χ3n) is 18.4. The first-order valence-corrected chi connectivity index (χ1v) is 42.5. The van der Waals surface area contributed by atoms with E-state index in [0.29, 0.717) is 228 Å². The Kier molecular flexibility index (Phi) is 54.3. The number of carbonyl (C=O) groups is 14. The van der Waals surface area contributed by atoms with Gasteiger partial charge in [-0.2, -0.15) is 0 Å². The molecule has 0 fully saturated rings. The number of unbranched alkanes of at least 4 members (excludes halogenated alkanes) is 20. The Morgan fingerprint density at radius 1 is 0.233 bits per heavy atom. The maximum atomic E-state index is 13.4. The molecule has 0 saturated carbocycles. The van der Waals surface area contributed by atoms with Gasteiger partial charge in [-0.3, -0.25) is 47.9 Å². The molecule has 0 spiro atoms. The maximum Gasteiger partial charge on any atom is 0.343 e. The molecule has 28 nitrogen and oxygen atoms in total. The summed E-state index contributed by atoms with van der Waals surface area (Å²) < 4.78 is 74.8. The van der Waals surface area contributed by atoms with Crippen LogP contribution in [-0.4, -0.2) is 150 Å². The fraction of sp³-hybridized carbons (Fsp3) is 0.565. The molecule has 0 aliphatic rings. The van der Waals surface area contributed by atoms with Crippen LogP contribution in [0.4, 0.5) is 0 Å². The lowest BCUT2D eigenvalue weighted by atomic mass is 10.1. The Labute approximate surface area is 704 Å². The van der Waals surface area contributed by atoms with Crippen molar-refractivity contribution in [3.8, 4) is 23.0 Å². The van der Waals surface area contributed by atoms with Crippen LogP contribution in [0.25, 0.3) is 10.8 Å². The second-order valence-electron chi connectivity index (χ2n) is 29.1. The SMILES string of the molecule is C=C(C)C(=O)OCCCCCC(=O)OCCCCCC(=O)OCCCCCC(=O)OCCCCCC(=O)OCCCCCC(=O)Oc1ccc(C(=O)Oc2ccc3cccc(OC(=O)c4ccc(OC(=O)CCCCCOC(=O)CCCCCOC(=O)CCCCCOC(=O)CCCCCOC(=O)CCCCCOC(=O)C(=C)C)cc4)c3c2)cc1. The molecule has 0 aliphatic carbocycles. The number of hydrogen-bond donors (Lipinski definition) is 0. The molecule has 0 bridgehead atoms. The summed E-state index contributed by atoms with van der Waals surface area (Å²) in [6, 6.07) is 21.8. The average Bonchev–Trinajstić information content (AvgIpc) is 0.803. The zero-order chi connectivity index (χ0) is 87.0. The third kappa shape index (κ3) is 50.8. The van der Waals surface area contributed by atoms with Gasteiger partial charge in [-0.25, -0.2) is 19.2 Å². The van der Waals surface area contributed by atoms with Crippen LogP contribution in [0.3, 0.4) is 0 Å². The van der Waals surface area contributed by atoms with Gasteiger partial charge in [0.15, 0.2) is 0 Å². The minimum Gasteiger partial charge on any atom is -0.466 e. The summed E-state index contributed by atoms with van der Waals surface area (Å²) >= 11 is 0. The lowest BCUT2D eigenvalue weighted by Crippen LogP contribution is -2.11. The second-order valence-corrected chi connectivity index (χ2v) is 29.1. The highest BCUT2D eigenvalue weighted by atomic mass is 16.6. The summed E-state index contributed by atoms with van der Waals surface area (Å²) in [4.78, 5) is 171.